The van der Waals surface area contributed by atoms with Crippen LogP contribution in [0.1, 0.15) is 17.2 Å². The smallest absolute Gasteiger partial charge is 0.161 e. The molecule has 2 aromatic rings. The molecule has 2 aromatic carbocycles. The lowest BCUT2D eigenvalue weighted by Gasteiger charge is -2.23. The third-order valence-electron chi connectivity index (χ3n) is 3.21. The lowest BCUT2D eigenvalue weighted by atomic mass is 9.94. The Labute approximate surface area is 114 Å². The topological polar surface area (TPSA) is 90.2 Å². The zero-order chi connectivity index (χ0) is 14.3. The molecule has 0 fully saturated rings. The van der Waals surface area contributed by atoms with Crippen molar-refractivity contribution >= 4 is 5.57 Å². The summed E-state index contributed by atoms with van der Waals surface area (Å²) in [5.41, 5.74) is 1.56. The first-order chi connectivity index (χ1) is 9.56. The number of ether oxygens (including phenoxy) is 1. The van der Waals surface area contributed by atoms with Gasteiger partial charge in [-0.25, -0.2) is 0 Å². The molecule has 0 spiro atoms. The first-order valence-corrected chi connectivity index (χ1v) is 5.96. The van der Waals surface area contributed by atoms with E-state index in [1.54, 1.807) is 12.1 Å². The number of hydrogen-bond donors (Lipinski definition) is 4. The average Bonchev–Trinajstić information content (AvgIpc) is 2.43. The van der Waals surface area contributed by atoms with Gasteiger partial charge in [-0.1, -0.05) is 12.1 Å². The number of aliphatic hydroxyl groups is 1. The largest absolute Gasteiger partial charge is 0.508 e. The maximum atomic E-state index is 10.4. The van der Waals surface area contributed by atoms with Crippen molar-refractivity contribution in [1.29, 1.82) is 0 Å². The van der Waals surface area contributed by atoms with Crippen molar-refractivity contribution in [3.05, 3.63) is 53.8 Å². The summed E-state index contributed by atoms with van der Waals surface area (Å²) >= 11 is 0. The summed E-state index contributed by atoms with van der Waals surface area (Å²) < 4.78 is 5.37. The van der Waals surface area contributed by atoms with E-state index in [-0.39, 0.29) is 23.0 Å². The molecule has 0 aliphatic carbocycles. The quantitative estimate of drug-likeness (QED) is 0.598. The fourth-order valence-corrected chi connectivity index (χ4v) is 2.13. The van der Waals surface area contributed by atoms with E-state index >= 15 is 0 Å². The number of phenolic OH excluding ortho intramolecular Hbond substituents is 3. The first kappa shape index (κ1) is 12.4. The van der Waals surface area contributed by atoms with Crippen molar-refractivity contribution in [2.45, 2.75) is 6.10 Å². The van der Waals surface area contributed by atoms with Gasteiger partial charge in [0.15, 0.2) is 11.5 Å². The third-order valence-corrected chi connectivity index (χ3v) is 3.21. The predicted octanol–water partition coefficient (Wildman–Crippen LogP) is 2.27. The monoisotopic (exact) mass is 272 g/mol. The fraction of sp³-hybridized carbons (Fsp3) is 0.0667. The molecule has 0 amide bonds. The Hall–Kier alpha value is -2.66. The molecule has 1 aliphatic heterocycles. The number of rotatable bonds is 1. The van der Waals surface area contributed by atoms with Crippen LogP contribution in [-0.4, -0.2) is 20.4 Å². The molecule has 3 rings (SSSR count). The van der Waals surface area contributed by atoms with E-state index in [0.29, 0.717) is 16.7 Å². The minimum Gasteiger partial charge on any atom is -0.508 e. The van der Waals surface area contributed by atoms with Gasteiger partial charge in [0.25, 0.3) is 0 Å². The van der Waals surface area contributed by atoms with E-state index in [0.717, 1.165) is 0 Å². The van der Waals surface area contributed by atoms with E-state index in [2.05, 4.69) is 0 Å². The van der Waals surface area contributed by atoms with E-state index in [4.69, 9.17) is 4.74 Å². The van der Waals surface area contributed by atoms with Crippen molar-refractivity contribution in [2.24, 2.45) is 0 Å². The standard InChI is InChI=1S/C15H12O5/c16-9-3-1-8(2-4-9)11-7-20-14-6-13(18)12(17)5-10(14)15(11)19/h1-7,15-19H. The Kier molecular flexibility index (Phi) is 2.76. The van der Waals surface area contributed by atoms with E-state index in [9.17, 15) is 20.4 Å². The molecule has 0 bridgehead atoms. The Morgan fingerprint density at radius 3 is 2.25 bits per heavy atom. The Morgan fingerprint density at radius 2 is 1.55 bits per heavy atom. The number of benzene rings is 2. The van der Waals surface area contributed by atoms with Crippen LogP contribution in [0.15, 0.2) is 42.7 Å². The van der Waals surface area contributed by atoms with Crippen LogP contribution in [0.5, 0.6) is 23.0 Å². The minimum atomic E-state index is -0.991. The number of aliphatic hydroxyl groups excluding tert-OH is 1. The lowest BCUT2D eigenvalue weighted by molar-refractivity contribution is 0.223. The highest BCUT2D eigenvalue weighted by atomic mass is 16.5. The van der Waals surface area contributed by atoms with Gasteiger partial charge in [0, 0.05) is 17.2 Å². The molecule has 5 heteroatoms. The maximum Gasteiger partial charge on any atom is 0.161 e. The summed E-state index contributed by atoms with van der Waals surface area (Å²) in [5.74, 6) is -0.213. The van der Waals surface area contributed by atoms with Crippen LogP contribution in [0.2, 0.25) is 0 Å². The molecule has 1 unspecified atom stereocenters. The highest BCUT2D eigenvalue weighted by Crippen LogP contribution is 2.43. The van der Waals surface area contributed by atoms with Crippen LogP contribution in [0.25, 0.3) is 5.57 Å². The van der Waals surface area contributed by atoms with Crippen LogP contribution >= 0.6 is 0 Å². The van der Waals surface area contributed by atoms with Crippen molar-refractivity contribution < 1.29 is 25.2 Å². The van der Waals surface area contributed by atoms with Crippen LogP contribution < -0.4 is 4.74 Å². The van der Waals surface area contributed by atoms with E-state index in [1.807, 2.05) is 0 Å². The van der Waals surface area contributed by atoms with Gasteiger partial charge in [-0.3, -0.25) is 0 Å². The average molecular weight is 272 g/mol. The van der Waals surface area contributed by atoms with Gasteiger partial charge in [0.2, 0.25) is 0 Å². The van der Waals surface area contributed by atoms with Crippen LogP contribution in [-0.2, 0) is 0 Å². The first-order valence-electron chi connectivity index (χ1n) is 5.96. The zero-order valence-electron chi connectivity index (χ0n) is 10.3. The van der Waals surface area contributed by atoms with Gasteiger partial charge in [-0.2, -0.15) is 0 Å². The van der Waals surface area contributed by atoms with Gasteiger partial charge in [-0.15, -0.1) is 0 Å². The summed E-state index contributed by atoms with van der Waals surface area (Å²) in [6.45, 7) is 0. The molecular weight excluding hydrogens is 260 g/mol. The highest BCUT2D eigenvalue weighted by molar-refractivity contribution is 5.73. The van der Waals surface area contributed by atoms with Gasteiger partial charge >= 0.3 is 0 Å². The molecule has 1 atom stereocenters. The Morgan fingerprint density at radius 1 is 0.900 bits per heavy atom. The summed E-state index contributed by atoms with van der Waals surface area (Å²) in [7, 11) is 0. The van der Waals surface area contributed by atoms with Gasteiger partial charge in [-0.05, 0) is 23.8 Å². The number of hydrogen-bond acceptors (Lipinski definition) is 5. The second-order valence-electron chi connectivity index (χ2n) is 4.52. The number of fused-ring (bicyclic) bond motifs is 1. The molecule has 20 heavy (non-hydrogen) atoms. The number of phenols is 3. The summed E-state index contributed by atoms with van der Waals surface area (Å²) in [6, 6.07) is 8.83. The molecule has 0 radical (unpaired) electrons. The minimum absolute atomic E-state index is 0.128. The lowest BCUT2D eigenvalue weighted by Crippen LogP contribution is -2.09. The van der Waals surface area contributed by atoms with Gasteiger partial charge < -0.3 is 25.2 Å². The second-order valence-corrected chi connectivity index (χ2v) is 4.52. The van der Waals surface area contributed by atoms with Crippen LogP contribution in [0.3, 0.4) is 0 Å². The normalized spacial score (nSPS) is 17.1. The molecule has 4 N–H and O–H groups in total. The number of aromatic hydroxyl groups is 3. The molecule has 0 saturated heterocycles. The van der Waals surface area contributed by atoms with Crippen molar-refractivity contribution in [3.63, 3.8) is 0 Å². The van der Waals surface area contributed by atoms with Crippen LogP contribution in [0.4, 0.5) is 0 Å². The predicted molar refractivity (Wildman–Crippen MR) is 71.4 cm³/mol. The molecule has 102 valence electrons. The fourth-order valence-electron chi connectivity index (χ4n) is 2.13. The van der Waals surface area contributed by atoms with Crippen molar-refractivity contribution in [3.8, 4) is 23.0 Å². The van der Waals surface area contributed by atoms with E-state index in [1.165, 1.54) is 30.5 Å². The Bertz CT molecular complexity index is 688. The van der Waals surface area contributed by atoms with Gasteiger partial charge in [0.1, 0.15) is 17.6 Å². The van der Waals surface area contributed by atoms with Crippen molar-refractivity contribution in [2.75, 3.05) is 0 Å². The molecule has 5 nitrogen and oxygen atoms in total. The highest BCUT2D eigenvalue weighted by Gasteiger charge is 2.25. The van der Waals surface area contributed by atoms with Crippen molar-refractivity contribution in [1.82, 2.24) is 0 Å². The molecule has 1 aliphatic rings. The van der Waals surface area contributed by atoms with E-state index < -0.39 is 6.10 Å². The van der Waals surface area contributed by atoms with Crippen LogP contribution in [0, 0.1) is 0 Å². The molecule has 0 aromatic heterocycles. The molecule has 0 saturated carbocycles. The summed E-state index contributed by atoms with van der Waals surface area (Å²) in [4.78, 5) is 0. The Balaban J connectivity index is 2.03. The maximum absolute atomic E-state index is 10.4. The summed E-state index contributed by atoms with van der Waals surface area (Å²) in [6.07, 6.45) is 0.394. The molecular formula is C15H12O5. The summed E-state index contributed by atoms with van der Waals surface area (Å²) in [5, 5.41) is 38.6. The van der Waals surface area contributed by atoms with Gasteiger partial charge in [0.05, 0.1) is 6.26 Å². The second kappa shape index (κ2) is 4.47. The SMILES string of the molecule is Oc1ccc(C2=COc3cc(O)c(O)cc3C2O)cc1. The third kappa shape index (κ3) is 1.94. The zero-order valence-corrected chi connectivity index (χ0v) is 10.3. The molecule has 1 heterocycles.